The third-order valence-corrected chi connectivity index (χ3v) is 4.92. The van der Waals surface area contributed by atoms with Gasteiger partial charge in [0.15, 0.2) is 0 Å². The summed E-state index contributed by atoms with van der Waals surface area (Å²) < 4.78 is 0. The summed E-state index contributed by atoms with van der Waals surface area (Å²) in [7, 11) is 0. The molecule has 2 saturated heterocycles. The van der Waals surface area contributed by atoms with Crippen molar-refractivity contribution in [3.63, 3.8) is 0 Å². The van der Waals surface area contributed by atoms with Crippen LogP contribution in [0.25, 0.3) is 0 Å². The van der Waals surface area contributed by atoms with E-state index in [2.05, 4.69) is 18.7 Å². The first-order valence-electron chi connectivity index (χ1n) is 8.41. The smallest absolute Gasteiger partial charge is 0.245 e. The van der Waals surface area contributed by atoms with E-state index < -0.39 is 23.4 Å². The molecule has 1 unspecified atom stereocenters. The second-order valence-electron chi connectivity index (χ2n) is 7.18. The van der Waals surface area contributed by atoms with Gasteiger partial charge >= 0.3 is 0 Å². The first-order valence-corrected chi connectivity index (χ1v) is 8.41. The highest BCUT2D eigenvalue weighted by Gasteiger charge is 2.58. The number of carbonyl (C=O) groups is 3. The van der Waals surface area contributed by atoms with E-state index in [1.54, 1.807) is 0 Å². The second-order valence-corrected chi connectivity index (χ2v) is 7.18. The number of hydrogen-bond donors (Lipinski definition) is 2. The molecule has 23 heavy (non-hydrogen) atoms. The van der Waals surface area contributed by atoms with Gasteiger partial charge in [-0.1, -0.05) is 13.8 Å². The van der Waals surface area contributed by atoms with Crippen molar-refractivity contribution in [2.45, 2.75) is 57.5 Å². The third kappa shape index (κ3) is 3.49. The maximum absolute atomic E-state index is 12.9. The molecule has 0 aromatic carbocycles. The zero-order valence-electron chi connectivity index (χ0n) is 14.1. The number of amides is 3. The standard InChI is InChI=1S/C16H28N4O3/c1-11(2)9-19-8-4-3-7-16(19)10-20(15(16)23)12(14(18)22)5-6-13(17)21/h11-12H,3-10H2,1-2H3,(H2,17,21)(H2,18,22)/t12-,16?/m0/s1. The lowest BCUT2D eigenvalue weighted by Gasteiger charge is -2.58. The van der Waals surface area contributed by atoms with Crippen LogP contribution >= 0.6 is 0 Å². The number of rotatable bonds is 7. The van der Waals surface area contributed by atoms with Crippen LogP contribution in [0.5, 0.6) is 0 Å². The molecule has 7 nitrogen and oxygen atoms in total. The Morgan fingerprint density at radius 1 is 1.26 bits per heavy atom. The largest absolute Gasteiger partial charge is 0.370 e. The van der Waals surface area contributed by atoms with Crippen molar-refractivity contribution in [1.29, 1.82) is 0 Å². The van der Waals surface area contributed by atoms with Gasteiger partial charge in [-0.3, -0.25) is 19.3 Å². The number of primary amides is 2. The summed E-state index contributed by atoms with van der Waals surface area (Å²) in [6.07, 6.45) is 3.21. The molecule has 2 atom stereocenters. The van der Waals surface area contributed by atoms with Gasteiger partial charge in [0.05, 0.1) is 0 Å². The van der Waals surface area contributed by atoms with Crippen LogP contribution in [-0.4, -0.2) is 58.7 Å². The molecule has 4 N–H and O–H groups in total. The Balaban J connectivity index is 2.09. The van der Waals surface area contributed by atoms with Crippen LogP contribution in [0.1, 0.15) is 46.0 Å². The molecule has 2 aliphatic rings. The first-order chi connectivity index (χ1) is 10.8. The molecule has 0 aromatic rings. The van der Waals surface area contributed by atoms with Crippen LogP contribution in [0.4, 0.5) is 0 Å². The molecule has 0 aliphatic carbocycles. The minimum atomic E-state index is -0.733. The average Bonchev–Trinajstić information content (AvgIpc) is 2.46. The van der Waals surface area contributed by atoms with Gasteiger partial charge in [0.25, 0.3) is 0 Å². The molecule has 0 aromatic heterocycles. The Labute approximate surface area is 137 Å². The second kappa shape index (κ2) is 6.86. The Hall–Kier alpha value is -1.63. The van der Waals surface area contributed by atoms with Crippen LogP contribution in [0, 0.1) is 5.92 Å². The lowest BCUT2D eigenvalue weighted by Crippen LogP contribution is -2.78. The van der Waals surface area contributed by atoms with Crippen LogP contribution < -0.4 is 11.5 Å². The van der Waals surface area contributed by atoms with E-state index in [0.29, 0.717) is 12.5 Å². The molecule has 1 spiro atoms. The molecule has 2 aliphatic heterocycles. The molecule has 130 valence electrons. The monoisotopic (exact) mass is 324 g/mol. The first kappa shape index (κ1) is 17.7. The average molecular weight is 324 g/mol. The maximum atomic E-state index is 12.9. The van der Waals surface area contributed by atoms with Gasteiger partial charge in [-0.25, -0.2) is 0 Å². The van der Waals surface area contributed by atoms with Gasteiger partial charge in [0.2, 0.25) is 17.7 Å². The quantitative estimate of drug-likeness (QED) is 0.633. The number of nitrogens with two attached hydrogens (primary N) is 2. The Bertz CT molecular complexity index is 494. The number of β-lactam (4-membered cyclic amide) rings is 1. The van der Waals surface area contributed by atoms with E-state index in [9.17, 15) is 14.4 Å². The zero-order chi connectivity index (χ0) is 17.2. The summed E-state index contributed by atoms with van der Waals surface area (Å²) in [6.45, 7) is 6.60. The summed E-state index contributed by atoms with van der Waals surface area (Å²) in [5.74, 6) is -0.599. The molecule has 0 saturated carbocycles. The predicted molar refractivity (Wildman–Crippen MR) is 86.1 cm³/mol. The molecule has 2 fully saturated rings. The Morgan fingerprint density at radius 3 is 2.48 bits per heavy atom. The summed E-state index contributed by atoms with van der Waals surface area (Å²) in [5.41, 5.74) is 10.1. The number of likely N-dealkylation sites (tertiary alicyclic amines) is 2. The van der Waals surface area contributed by atoms with Crippen molar-refractivity contribution in [3.8, 4) is 0 Å². The number of nitrogens with zero attached hydrogens (tertiary/aromatic N) is 2. The number of carbonyl (C=O) groups excluding carboxylic acids is 3. The molecule has 2 rings (SSSR count). The van der Waals surface area contributed by atoms with Gasteiger partial charge in [0, 0.05) is 19.5 Å². The SMILES string of the molecule is CC(C)CN1CCCCC12CN([C@@H](CCC(N)=O)C(N)=O)C2=O. The lowest BCUT2D eigenvalue weighted by atomic mass is 9.77. The Kier molecular flexibility index (Phi) is 5.29. The normalized spacial score (nSPS) is 26.4. The van der Waals surface area contributed by atoms with Crippen molar-refractivity contribution in [3.05, 3.63) is 0 Å². The van der Waals surface area contributed by atoms with Crippen LogP contribution in [-0.2, 0) is 14.4 Å². The minimum Gasteiger partial charge on any atom is -0.370 e. The van der Waals surface area contributed by atoms with Crippen LogP contribution in [0.2, 0.25) is 0 Å². The van der Waals surface area contributed by atoms with E-state index in [-0.39, 0.29) is 18.7 Å². The molecule has 0 radical (unpaired) electrons. The fourth-order valence-corrected chi connectivity index (χ4v) is 3.80. The molecule has 3 amide bonds. The number of piperidine rings is 1. The van der Waals surface area contributed by atoms with Gasteiger partial charge in [-0.15, -0.1) is 0 Å². The highest BCUT2D eigenvalue weighted by Crippen LogP contribution is 2.39. The summed E-state index contributed by atoms with van der Waals surface area (Å²) in [6, 6.07) is -0.733. The van der Waals surface area contributed by atoms with Gasteiger partial charge in [-0.2, -0.15) is 0 Å². The molecule has 2 heterocycles. The van der Waals surface area contributed by atoms with Crippen LogP contribution in [0.3, 0.4) is 0 Å². The highest BCUT2D eigenvalue weighted by molar-refractivity contribution is 5.97. The predicted octanol–water partition coefficient (Wildman–Crippen LogP) is -0.171. The Morgan fingerprint density at radius 2 is 1.96 bits per heavy atom. The van der Waals surface area contributed by atoms with Gasteiger partial charge < -0.3 is 16.4 Å². The van der Waals surface area contributed by atoms with Crippen molar-refractivity contribution < 1.29 is 14.4 Å². The van der Waals surface area contributed by atoms with E-state index in [1.807, 2.05) is 0 Å². The molecule has 7 heteroatoms. The number of hydrogen-bond acceptors (Lipinski definition) is 4. The van der Waals surface area contributed by atoms with Crippen molar-refractivity contribution in [2.75, 3.05) is 19.6 Å². The van der Waals surface area contributed by atoms with E-state index in [1.165, 1.54) is 4.90 Å². The van der Waals surface area contributed by atoms with E-state index >= 15 is 0 Å². The zero-order valence-corrected chi connectivity index (χ0v) is 14.1. The maximum Gasteiger partial charge on any atom is 0.245 e. The van der Waals surface area contributed by atoms with Crippen molar-refractivity contribution in [1.82, 2.24) is 9.80 Å². The summed E-state index contributed by atoms with van der Waals surface area (Å²) in [4.78, 5) is 39.3. The van der Waals surface area contributed by atoms with E-state index in [4.69, 9.17) is 11.5 Å². The van der Waals surface area contributed by atoms with Crippen molar-refractivity contribution in [2.24, 2.45) is 17.4 Å². The fraction of sp³-hybridized carbons (Fsp3) is 0.812. The summed E-state index contributed by atoms with van der Waals surface area (Å²) >= 11 is 0. The molecular formula is C16H28N4O3. The third-order valence-electron chi connectivity index (χ3n) is 4.92. The topological polar surface area (TPSA) is 110 Å². The highest BCUT2D eigenvalue weighted by atomic mass is 16.2. The van der Waals surface area contributed by atoms with E-state index in [0.717, 1.165) is 32.4 Å². The summed E-state index contributed by atoms with van der Waals surface area (Å²) in [5, 5.41) is 0. The molecule has 0 bridgehead atoms. The fourth-order valence-electron chi connectivity index (χ4n) is 3.80. The lowest BCUT2D eigenvalue weighted by molar-refractivity contribution is -0.176. The minimum absolute atomic E-state index is 0.0221. The molecular weight excluding hydrogens is 296 g/mol. The van der Waals surface area contributed by atoms with Crippen LogP contribution in [0.15, 0.2) is 0 Å². The van der Waals surface area contributed by atoms with Gasteiger partial charge in [-0.05, 0) is 38.1 Å². The van der Waals surface area contributed by atoms with Crippen molar-refractivity contribution >= 4 is 17.7 Å². The van der Waals surface area contributed by atoms with Gasteiger partial charge in [0.1, 0.15) is 11.6 Å².